The van der Waals surface area contributed by atoms with E-state index in [4.69, 9.17) is 4.99 Å². The molecule has 1 atom stereocenters. The summed E-state index contributed by atoms with van der Waals surface area (Å²) in [5, 5.41) is 13.1. The van der Waals surface area contributed by atoms with E-state index in [1.165, 1.54) is 0 Å². The van der Waals surface area contributed by atoms with Gasteiger partial charge in [-0.2, -0.15) is 0 Å². The molecule has 0 aromatic heterocycles. The second-order valence-electron chi connectivity index (χ2n) is 8.28. The Hall–Kier alpha value is -1.13. The molecule has 8 heteroatoms. The van der Waals surface area contributed by atoms with Gasteiger partial charge in [0, 0.05) is 38.8 Å². The zero-order chi connectivity index (χ0) is 21.5. The second kappa shape index (κ2) is 12.8. The average Bonchev–Trinajstić information content (AvgIpc) is 3.23. The van der Waals surface area contributed by atoms with Gasteiger partial charge >= 0.3 is 0 Å². The Bertz CT molecular complexity index is 707. The number of halogens is 2. The molecule has 2 fully saturated rings. The summed E-state index contributed by atoms with van der Waals surface area (Å²) >= 11 is 0. The summed E-state index contributed by atoms with van der Waals surface area (Å²) in [6.07, 6.45) is 2.29. The summed E-state index contributed by atoms with van der Waals surface area (Å²) in [7, 11) is 0. The minimum Gasteiger partial charge on any atom is -0.393 e. The molecule has 31 heavy (non-hydrogen) atoms. The van der Waals surface area contributed by atoms with E-state index >= 15 is 0 Å². The molecule has 2 saturated heterocycles. The standard InChI is InChI=1S/C23H38FN5O.HI/c1-4-25-23(29-12-9-19(17-29)27(5-2)6-3)26-16-18-7-8-22(21(24)15-18)28-13-10-20(30)11-14-28;/h7-8,15,19-20,30H,4-6,9-14,16-17H2,1-3H3,(H,25,26);1H. The van der Waals surface area contributed by atoms with Crippen molar-refractivity contribution in [1.29, 1.82) is 0 Å². The summed E-state index contributed by atoms with van der Waals surface area (Å²) in [5.41, 5.74) is 1.51. The number of hydrogen-bond acceptors (Lipinski definition) is 4. The minimum atomic E-state index is -0.255. The topological polar surface area (TPSA) is 54.3 Å². The quantitative estimate of drug-likeness (QED) is 0.312. The molecule has 2 aliphatic heterocycles. The van der Waals surface area contributed by atoms with Gasteiger partial charge in [0.25, 0.3) is 0 Å². The van der Waals surface area contributed by atoms with Gasteiger partial charge in [0.1, 0.15) is 5.82 Å². The van der Waals surface area contributed by atoms with Crippen LogP contribution in [0.25, 0.3) is 0 Å². The molecular formula is C23H39FIN5O. The Morgan fingerprint density at radius 3 is 2.48 bits per heavy atom. The number of rotatable bonds is 7. The predicted molar refractivity (Wildman–Crippen MR) is 137 cm³/mol. The van der Waals surface area contributed by atoms with E-state index < -0.39 is 0 Å². The van der Waals surface area contributed by atoms with E-state index in [0.29, 0.717) is 44.2 Å². The van der Waals surface area contributed by atoms with Crippen LogP contribution in [0.5, 0.6) is 0 Å². The van der Waals surface area contributed by atoms with Gasteiger partial charge in [-0.1, -0.05) is 19.9 Å². The third-order valence-electron chi connectivity index (χ3n) is 6.36. The Balaban J connectivity index is 0.00000341. The molecule has 1 aromatic rings. The van der Waals surface area contributed by atoms with Crippen LogP contribution in [0.4, 0.5) is 10.1 Å². The fourth-order valence-electron chi connectivity index (χ4n) is 4.58. The number of aliphatic hydroxyl groups is 1. The monoisotopic (exact) mass is 547 g/mol. The van der Waals surface area contributed by atoms with E-state index in [-0.39, 0.29) is 35.9 Å². The number of likely N-dealkylation sites (N-methyl/N-ethyl adjacent to an activating group) is 1. The molecule has 2 N–H and O–H groups in total. The Morgan fingerprint density at radius 1 is 1.16 bits per heavy atom. The van der Waals surface area contributed by atoms with Crippen LogP contribution >= 0.6 is 24.0 Å². The smallest absolute Gasteiger partial charge is 0.194 e. The van der Waals surface area contributed by atoms with Crippen molar-refractivity contribution in [1.82, 2.24) is 15.1 Å². The second-order valence-corrected chi connectivity index (χ2v) is 8.28. The summed E-state index contributed by atoms with van der Waals surface area (Å²) < 4.78 is 14.7. The van der Waals surface area contributed by atoms with Crippen molar-refractivity contribution in [2.45, 2.75) is 58.7 Å². The zero-order valence-electron chi connectivity index (χ0n) is 19.2. The highest BCUT2D eigenvalue weighted by Crippen LogP contribution is 2.24. The summed E-state index contributed by atoms with van der Waals surface area (Å²) in [6.45, 7) is 13.3. The van der Waals surface area contributed by atoms with Gasteiger partial charge in [-0.15, -0.1) is 24.0 Å². The molecule has 0 saturated carbocycles. The van der Waals surface area contributed by atoms with Gasteiger partial charge in [-0.05, 0) is 57.0 Å². The van der Waals surface area contributed by atoms with Crippen molar-refractivity contribution < 1.29 is 9.50 Å². The van der Waals surface area contributed by atoms with Crippen molar-refractivity contribution >= 4 is 35.6 Å². The maximum absolute atomic E-state index is 14.7. The lowest BCUT2D eigenvalue weighted by Crippen LogP contribution is -2.43. The summed E-state index contributed by atoms with van der Waals surface area (Å²) in [4.78, 5) is 11.7. The van der Waals surface area contributed by atoms with Crippen molar-refractivity contribution in [3.05, 3.63) is 29.6 Å². The third-order valence-corrected chi connectivity index (χ3v) is 6.36. The van der Waals surface area contributed by atoms with E-state index in [2.05, 4.69) is 35.9 Å². The lowest BCUT2D eigenvalue weighted by atomic mass is 10.1. The number of piperidine rings is 1. The molecule has 0 spiro atoms. The average molecular weight is 548 g/mol. The highest BCUT2D eigenvalue weighted by atomic mass is 127. The number of hydrogen-bond donors (Lipinski definition) is 2. The zero-order valence-corrected chi connectivity index (χ0v) is 21.5. The number of aliphatic imine (C=N–C) groups is 1. The van der Waals surface area contributed by atoms with E-state index in [1.807, 2.05) is 17.0 Å². The van der Waals surface area contributed by atoms with Crippen LogP contribution in [-0.2, 0) is 6.54 Å². The van der Waals surface area contributed by atoms with E-state index in [1.54, 1.807) is 6.07 Å². The van der Waals surface area contributed by atoms with E-state index in [9.17, 15) is 9.50 Å². The highest BCUT2D eigenvalue weighted by molar-refractivity contribution is 14.0. The van der Waals surface area contributed by atoms with Crippen LogP contribution < -0.4 is 10.2 Å². The highest BCUT2D eigenvalue weighted by Gasteiger charge is 2.28. The first kappa shape index (κ1) is 26.1. The van der Waals surface area contributed by atoms with Crippen LogP contribution in [0.15, 0.2) is 23.2 Å². The largest absolute Gasteiger partial charge is 0.393 e. The Labute approximate surface area is 203 Å². The SMILES string of the molecule is CCNC(=NCc1ccc(N2CCC(O)CC2)c(F)c1)N1CCC(N(CC)CC)C1.I. The number of anilines is 1. The van der Waals surface area contributed by atoms with E-state index in [0.717, 1.165) is 50.7 Å². The molecular weight excluding hydrogens is 508 g/mol. The van der Waals surface area contributed by atoms with Gasteiger partial charge in [0.15, 0.2) is 5.96 Å². The van der Waals surface area contributed by atoms with Crippen LogP contribution in [0.3, 0.4) is 0 Å². The number of nitrogens with one attached hydrogen (secondary N) is 1. The van der Waals surface area contributed by atoms with Crippen LogP contribution in [-0.4, -0.2) is 78.8 Å². The van der Waals surface area contributed by atoms with Gasteiger partial charge in [0.05, 0.1) is 18.3 Å². The first-order valence-corrected chi connectivity index (χ1v) is 11.5. The molecule has 3 rings (SSSR count). The number of aliphatic hydroxyl groups excluding tert-OH is 1. The lowest BCUT2D eigenvalue weighted by molar-refractivity contribution is 0.145. The van der Waals surface area contributed by atoms with Gasteiger partial charge < -0.3 is 20.2 Å². The van der Waals surface area contributed by atoms with Gasteiger partial charge in [0.2, 0.25) is 0 Å². The predicted octanol–water partition coefficient (Wildman–Crippen LogP) is 3.29. The Kier molecular flexibility index (Phi) is 10.8. The maximum atomic E-state index is 14.7. The molecule has 2 heterocycles. The Morgan fingerprint density at radius 2 is 1.87 bits per heavy atom. The van der Waals surface area contributed by atoms with Crippen molar-refractivity contribution in [2.75, 3.05) is 50.7 Å². The molecule has 0 radical (unpaired) electrons. The molecule has 0 aliphatic carbocycles. The number of nitrogens with zero attached hydrogens (tertiary/aromatic N) is 4. The molecule has 6 nitrogen and oxygen atoms in total. The maximum Gasteiger partial charge on any atom is 0.194 e. The third kappa shape index (κ3) is 6.92. The van der Waals surface area contributed by atoms with Gasteiger partial charge in [-0.25, -0.2) is 9.38 Å². The summed E-state index contributed by atoms with van der Waals surface area (Å²) in [5.74, 6) is 0.716. The van der Waals surface area contributed by atoms with Crippen LogP contribution in [0, 0.1) is 5.82 Å². The minimum absolute atomic E-state index is 0. The fraction of sp³-hybridized carbons (Fsp3) is 0.696. The number of likely N-dealkylation sites (tertiary alicyclic amines) is 1. The van der Waals surface area contributed by atoms with Crippen molar-refractivity contribution in [3.8, 4) is 0 Å². The van der Waals surface area contributed by atoms with Crippen molar-refractivity contribution in [3.63, 3.8) is 0 Å². The first-order valence-electron chi connectivity index (χ1n) is 11.5. The molecule has 0 bridgehead atoms. The lowest BCUT2D eigenvalue weighted by Gasteiger charge is -2.31. The molecule has 176 valence electrons. The van der Waals surface area contributed by atoms with Crippen LogP contribution in [0.2, 0.25) is 0 Å². The molecule has 2 aliphatic rings. The van der Waals surface area contributed by atoms with Crippen molar-refractivity contribution in [2.24, 2.45) is 4.99 Å². The molecule has 1 aromatic carbocycles. The first-order chi connectivity index (χ1) is 14.5. The summed E-state index contributed by atoms with van der Waals surface area (Å²) in [6, 6.07) is 6.01. The fourth-order valence-corrected chi connectivity index (χ4v) is 4.58. The molecule has 0 amide bonds. The van der Waals surface area contributed by atoms with Gasteiger partial charge in [-0.3, -0.25) is 4.90 Å². The van der Waals surface area contributed by atoms with Crippen LogP contribution in [0.1, 0.15) is 45.6 Å². The molecule has 1 unspecified atom stereocenters. The normalized spacial score (nSPS) is 20.3. The number of benzene rings is 1. The number of guanidine groups is 1.